The Morgan fingerprint density at radius 3 is 2.84 bits per heavy atom. The standard InChI is InChI=1S/C13H14N4O2/c1-7-4-5-10(19-7)12-11(9(3)18)8(2)16-13-14-6-15-17(12)13/h4-6,12H,1-3H3,(H,14,15,16). The lowest BCUT2D eigenvalue weighted by atomic mass is 9.98. The molecule has 19 heavy (non-hydrogen) atoms. The van der Waals surface area contributed by atoms with Crippen molar-refractivity contribution in [2.24, 2.45) is 0 Å². The summed E-state index contributed by atoms with van der Waals surface area (Å²) in [5, 5.41) is 7.27. The smallest absolute Gasteiger partial charge is 0.226 e. The monoisotopic (exact) mass is 258 g/mol. The third-order valence-corrected chi connectivity index (χ3v) is 3.20. The minimum absolute atomic E-state index is 0.00907. The van der Waals surface area contributed by atoms with Gasteiger partial charge in [-0.15, -0.1) is 0 Å². The molecular weight excluding hydrogens is 244 g/mol. The van der Waals surface area contributed by atoms with E-state index >= 15 is 0 Å². The molecule has 2 aromatic heterocycles. The van der Waals surface area contributed by atoms with Gasteiger partial charge in [0.1, 0.15) is 23.9 Å². The fraction of sp³-hybridized carbons (Fsp3) is 0.308. The van der Waals surface area contributed by atoms with Crippen molar-refractivity contribution in [3.8, 4) is 0 Å². The molecule has 1 aliphatic heterocycles. The van der Waals surface area contributed by atoms with Crippen LogP contribution in [0.25, 0.3) is 0 Å². The van der Waals surface area contributed by atoms with Gasteiger partial charge in [-0.2, -0.15) is 10.1 Å². The molecule has 6 nitrogen and oxygen atoms in total. The van der Waals surface area contributed by atoms with Crippen LogP contribution in [0.3, 0.4) is 0 Å². The summed E-state index contributed by atoms with van der Waals surface area (Å²) < 4.78 is 7.34. The first-order valence-electron chi connectivity index (χ1n) is 6.02. The Morgan fingerprint density at radius 2 is 2.21 bits per heavy atom. The van der Waals surface area contributed by atoms with E-state index < -0.39 is 0 Å². The summed E-state index contributed by atoms with van der Waals surface area (Å²) in [6, 6.07) is 3.39. The zero-order valence-electron chi connectivity index (χ0n) is 11.0. The van der Waals surface area contributed by atoms with Crippen molar-refractivity contribution in [3.63, 3.8) is 0 Å². The molecule has 0 amide bonds. The van der Waals surface area contributed by atoms with Crippen LogP contribution in [0.5, 0.6) is 0 Å². The van der Waals surface area contributed by atoms with Gasteiger partial charge in [-0.25, -0.2) is 4.68 Å². The van der Waals surface area contributed by atoms with Crippen LogP contribution < -0.4 is 5.32 Å². The summed E-state index contributed by atoms with van der Waals surface area (Å²) in [5.74, 6) is 2.10. The molecule has 3 rings (SSSR count). The van der Waals surface area contributed by atoms with Gasteiger partial charge in [-0.05, 0) is 32.9 Å². The Bertz CT molecular complexity index is 680. The average molecular weight is 258 g/mol. The zero-order valence-corrected chi connectivity index (χ0v) is 11.0. The zero-order chi connectivity index (χ0) is 13.6. The molecule has 1 atom stereocenters. The number of rotatable bonds is 2. The lowest BCUT2D eigenvalue weighted by Gasteiger charge is -2.26. The SMILES string of the molecule is CC(=O)C1=C(C)Nc2ncnn2C1c1ccc(C)o1. The van der Waals surface area contributed by atoms with E-state index in [0.29, 0.717) is 17.3 Å². The number of aromatic nitrogens is 3. The van der Waals surface area contributed by atoms with E-state index in [1.807, 2.05) is 26.0 Å². The van der Waals surface area contributed by atoms with Crippen LogP contribution in [-0.2, 0) is 4.79 Å². The molecule has 0 aliphatic carbocycles. The topological polar surface area (TPSA) is 73.0 Å². The quantitative estimate of drug-likeness (QED) is 0.892. The highest BCUT2D eigenvalue weighted by Crippen LogP contribution is 2.35. The number of aryl methyl sites for hydroxylation is 1. The molecule has 1 aliphatic rings. The normalized spacial score (nSPS) is 18.2. The van der Waals surface area contributed by atoms with E-state index in [1.165, 1.54) is 6.33 Å². The Labute approximate surface area is 110 Å². The van der Waals surface area contributed by atoms with Crippen molar-refractivity contribution in [2.75, 3.05) is 5.32 Å². The Hall–Kier alpha value is -2.37. The molecular formula is C13H14N4O2. The van der Waals surface area contributed by atoms with Crippen LogP contribution in [0.15, 0.2) is 34.1 Å². The van der Waals surface area contributed by atoms with E-state index in [2.05, 4.69) is 15.4 Å². The van der Waals surface area contributed by atoms with Gasteiger partial charge in [-0.1, -0.05) is 0 Å². The van der Waals surface area contributed by atoms with Gasteiger partial charge in [0.2, 0.25) is 5.95 Å². The number of Topliss-reactive ketones (excluding diaryl/α,β-unsaturated/α-hetero) is 1. The van der Waals surface area contributed by atoms with Gasteiger partial charge in [-0.3, -0.25) is 4.79 Å². The van der Waals surface area contributed by atoms with Gasteiger partial charge in [0, 0.05) is 11.3 Å². The van der Waals surface area contributed by atoms with Crippen LogP contribution in [0.1, 0.15) is 31.4 Å². The molecule has 6 heteroatoms. The first-order valence-corrected chi connectivity index (χ1v) is 6.02. The van der Waals surface area contributed by atoms with Crippen molar-refractivity contribution in [2.45, 2.75) is 26.8 Å². The van der Waals surface area contributed by atoms with Gasteiger partial charge in [0.25, 0.3) is 0 Å². The summed E-state index contributed by atoms with van der Waals surface area (Å²) in [6.45, 7) is 5.28. The number of anilines is 1. The number of ketones is 1. The summed E-state index contributed by atoms with van der Waals surface area (Å²) in [7, 11) is 0. The molecule has 3 heterocycles. The maximum atomic E-state index is 11.9. The highest BCUT2D eigenvalue weighted by molar-refractivity contribution is 5.96. The molecule has 98 valence electrons. The van der Waals surface area contributed by atoms with Crippen molar-refractivity contribution >= 4 is 11.7 Å². The third-order valence-electron chi connectivity index (χ3n) is 3.20. The van der Waals surface area contributed by atoms with E-state index in [0.717, 1.165) is 11.5 Å². The Morgan fingerprint density at radius 1 is 1.42 bits per heavy atom. The molecule has 1 N–H and O–H groups in total. The first kappa shape index (κ1) is 11.7. The minimum Gasteiger partial charge on any atom is -0.464 e. The molecule has 1 unspecified atom stereocenters. The highest BCUT2D eigenvalue weighted by Gasteiger charge is 2.33. The van der Waals surface area contributed by atoms with E-state index in [1.54, 1.807) is 11.6 Å². The molecule has 0 spiro atoms. The number of allylic oxidation sites excluding steroid dienone is 2. The number of fused-ring (bicyclic) bond motifs is 1. The van der Waals surface area contributed by atoms with Crippen molar-refractivity contribution in [1.29, 1.82) is 0 Å². The molecule has 0 saturated carbocycles. The second-order valence-electron chi connectivity index (χ2n) is 4.60. The third kappa shape index (κ3) is 1.76. The van der Waals surface area contributed by atoms with E-state index in [9.17, 15) is 4.79 Å². The molecule has 2 aromatic rings. The van der Waals surface area contributed by atoms with Gasteiger partial charge < -0.3 is 9.73 Å². The second kappa shape index (κ2) is 4.08. The fourth-order valence-corrected chi connectivity index (χ4v) is 2.41. The Balaban J connectivity index is 2.20. The average Bonchev–Trinajstić information content (AvgIpc) is 2.95. The summed E-state index contributed by atoms with van der Waals surface area (Å²) >= 11 is 0. The predicted molar refractivity (Wildman–Crippen MR) is 68.6 cm³/mol. The van der Waals surface area contributed by atoms with Crippen molar-refractivity contribution in [3.05, 3.63) is 41.3 Å². The molecule has 0 aromatic carbocycles. The number of nitrogens with zero attached hydrogens (tertiary/aromatic N) is 3. The number of furan rings is 1. The van der Waals surface area contributed by atoms with Crippen molar-refractivity contribution < 1.29 is 9.21 Å². The number of nitrogens with one attached hydrogen (secondary N) is 1. The van der Waals surface area contributed by atoms with Crippen LogP contribution in [-0.4, -0.2) is 20.5 Å². The number of carbonyl (C=O) groups is 1. The van der Waals surface area contributed by atoms with Crippen LogP contribution in [0, 0.1) is 6.92 Å². The summed E-state index contributed by atoms with van der Waals surface area (Å²) in [4.78, 5) is 16.1. The van der Waals surface area contributed by atoms with Gasteiger partial charge in [0.05, 0.1) is 0 Å². The van der Waals surface area contributed by atoms with Crippen LogP contribution in [0.2, 0.25) is 0 Å². The molecule has 0 saturated heterocycles. The van der Waals surface area contributed by atoms with Gasteiger partial charge in [0.15, 0.2) is 5.78 Å². The number of hydrogen-bond donors (Lipinski definition) is 1. The number of hydrogen-bond acceptors (Lipinski definition) is 5. The lowest BCUT2D eigenvalue weighted by molar-refractivity contribution is -0.114. The van der Waals surface area contributed by atoms with E-state index in [-0.39, 0.29) is 11.8 Å². The summed E-state index contributed by atoms with van der Waals surface area (Å²) in [5.41, 5.74) is 1.43. The fourth-order valence-electron chi connectivity index (χ4n) is 2.41. The largest absolute Gasteiger partial charge is 0.464 e. The molecule has 0 radical (unpaired) electrons. The molecule has 0 bridgehead atoms. The Kier molecular flexibility index (Phi) is 2.51. The minimum atomic E-state index is -0.357. The van der Waals surface area contributed by atoms with E-state index in [4.69, 9.17) is 4.42 Å². The maximum Gasteiger partial charge on any atom is 0.226 e. The first-order chi connectivity index (χ1) is 9.08. The van der Waals surface area contributed by atoms with Gasteiger partial charge >= 0.3 is 0 Å². The van der Waals surface area contributed by atoms with Crippen LogP contribution >= 0.6 is 0 Å². The van der Waals surface area contributed by atoms with Crippen molar-refractivity contribution in [1.82, 2.24) is 14.8 Å². The van der Waals surface area contributed by atoms with Crippen LogP contribution in [0.4, 0.5) is 5.95 Å². The highest BCUT2D eigenvalue weighted by atomic mass is 16.3. The predicted octanol–water partition coefficient (Wildman–Crippen LogP) is 2.06. The lowest BCUT2D eigenvalue weighted by Crippen LogP contribution is -2.27. The second-order valence-corrected chi connectivity index (χ2v) is 4.60. The molecule has 0 fully saturated rings. The number of carbonyl (C=O) groups excluding carboxylic acids is 1. The summed E-state index contributed by atoms with van der Waals surface area (Å²) in [6.07, 6.45) is 1.46. The maximum absolute atomic E-state index is 11.9.